The molecule has 0 aliphatic carbocycles. The van der Waals surface area contributed by atoms with E-state index in [0.717, 1.165) is 11.4 Å². The summed E-state index contributed by atoms with van der Waals surface area (Å²) < 4.78 is 3.05. The molecule has 0 bridgehead atoms. The molecule has 1 heterocycles. The van der Waals surface area contributed by atoms with E-state index in [0.29, 0.717) is 0 Å². The van der Waals surface area contributed by atoms with Gasteiger partial charge in [0.05, 0.1) is 11.7 Å². The molecule has 0 aliphatic heterocycles. The van der Waals surface area contributed by atoms with Crippen molar-refractivity contribution in [2.75, 3.05) is 5.32 Å². The van der Waals surface area contributed by atoms with Crippen LogP contribution >= 0.6 is 15.9 Å². The van der Waals surface area contributed by atoms with Crippen molar-refractivity contribution < 1.29 is 0 Å². The molecule has 4 heteroatoms. The average molecular weight is 322 g/mol. The van der Waals surface area contributed by atoms with E-state index >= 15 is 0 Å². The van der Waals surface area contributed by atoms with Gasteiger partial charge in [0.2, 0.25) is 0 Å². The molecule has 1 atom stereocenters. The van der Waals surface area contributed by atoms with Gasteiger partial charge in [-0.2, -0.15) is 5.10 Å². The summed E-state index contributed by atoms with van der Waals surface area (Å²) in [5, 5.41) is 7.94. The molecule has 0 amide bonds. The van der Waals surface area contributed by atoms with E-state index in [2.05, 4.69) is 65.4 Å². The Hall–Kier alpha value is -1.29. The molecule has 1 N–H and O–H groups in total. The topological polar surface area (TPSA) is 29.9 Å². The maximum absolute atomic E-state index is 4.39. The van der Waals surface area contributed by atoms with E-state index in [1.165, 1.54) is 21.2 Å². The summed E-state index contributed by atoms with van der Waals surface area (Å²) in [6.45, 7) is 8.44. The van der Waals surface area contributed by atoms with E-state index in [4.69, 9.17) is 0 Å². The van der Waals surface area contributed by atoms with Gasteiger partial charge in [0.15, 0.2) is 0 Å². The highest BCUT2D eigenvalue weighted by Gasteiger charge is 2.12. The largest absolute Gasteiger partial charge is 0.378 e. The molecule has 0 saturated heterocycles. The summed E-state index contributed by atoms with van der Waals surface area (Å²) >= 11 is 3.60. The van der Waals surface area contributed by atoms with Crippen molar-refractivity contribution in [3.8, 4) is 0 Å². The molecule has 0 aliphatic rings. The molecule has 2 aromatic rings. The minimum Gasteiger partial charge on any atom is -0.378 e. The summed E-state index contributed by atoms with van der Waals surface area (Å²) in [5.74, 6) is 0. The molecule has 102 valence electrons. The monoisotopic (exact) mass is 321 g/mol. The highest BCUT2D eigenvalue weighted by Crippen LogP contribution is 2.28. The Balaban J connectivity index is 2.24. The first kappa shape index (κ1) is 14.1. The zero-order valence-electron chi connectivity index (χ0n) is 12.1. The minimum absolute atomic E-state index is 0.244. The first-order valence-corrected chi connectivity index (χ1v) is 7.21. The Labute approximate surface area is 123 Å². The molecular formula is C15H20BrN3. The van der Waals surface area contributed by atoms with E-state index < -0.39 is 0 Å². The van der Waals surface area contributed by atoms with Crippen molar-refractivity contribution in [3.63, 3.8) is 0 Å². The fourth-order valence-corrected chi connectivity index (χ4v) is 2.63. The van der Waals surface area contributed by atoms with Crippen molar-refractivity contribution in [2.45, 2.75) is 33.7 Å². The predicted octanol–water partition coefficient (Wildman–Crippen LogP) is 4.28. The lowest BCUT2D eigenvalue weighted by Crippen LogP contribution is -2.07. The van der Waals surface area contributed by atoms with Gasteiger partial charge in [-0.15, -0.1) is 0 Å². The SMILES string of the molecule is Cc1cc(NC(C)c2cn(C)nc2C)cc(C)c1Br. The molecule has 3 nitrogen and oxygen atoms in total. The zero-order chi connectivity index (χ0) is 14.2. The number of halogens is 1. The van der Waals surface area contributed by atoms with Crippen LogP contribution in [0.1, 0.15) is 35.3 Å². The minimum atomic E-state index is 0.244. The van der Waals surface area contributed by atoms with Crippen LogP contribution in [0.3, 0.4) is 0 Å². The van der Waals surface area contributed by atoms with Crippen molar-refractivity contribution in [1.82, 2.24) is 9.78 Å². The standard InChI is InChI=1S/C15H20BrN3/c1-9-6-13(7-10(2)15(9)16)17-11(3)14-8-19(5)18-12(14)4/h6-8,11,17H,1-5H3. The normalized spacial score (nSPS) is 12.5. The second kappa shape index (κ2) is 5.37. The van der Waals surface area contributed by atoms with Gasteiger partial charge < -0.3 is 5.32 Å². The Morgan fingerprint density at radius 2 is 1.79 bits per heavy atom. The molecular weight excluding hydrogens is 302 g/mol. The van der Waals surface area contributed by atoms with Crippen LogP contribution in [0.2, 0.25) is 0 Å². The first-order valence-electron chi connectivity index (χ1n) is 6.42. The fraction of sp³-hybridized carbons (Fsp3) is 0.400. The van der Waals surface area contributed by atoms with Gasteiger partial charge in [-0.1, -0.05) is 15.9 Å². The molecule has 1 unspecified atom stereocenters. The second-order valence-electron chi connectivity index (χ2n) is 5.13. The fourth-order valence-electron chi connectivity index (χ4n) is 2.40. The third kappa shape index (κ3) is 3.00. The average Bonchev–Trinajstić information content (AvgIpc) is 2.65. The van der Waals surface area contributed by atoms with Crippen LogP contribution in [0.15, 0.2) is 22.8 Å². The summed E-state index contributed by atoms with van der Waals surface area (Å²) in [5.41, 5.74) is 5.96. The quantitative estimate of drug-likeness (QED) is 0.914. The van der Waals surface area contributed by atoms with Crippen LogP contribution in [0.4, 0.5) is 5.69 Å². The number of aryl methyl sites for hydroxylation is 4. The third-order valence-corrected chi connectivity index (χ3v) is 4.59. The van der Waals surface area contributed by atoms with Gasteiger partial charge in [-0.05, 0) is 51.0 Å². The Morgan fingerprint density at radius 3 is 2.26 bits per heavy atom. The number of nitrogens with one attached hydrogen (secondary N) is 1. The van der Waals surface area contributed by atoms with Crippen LogP contribution in [0, 0.1) is 20.8 Å². The molecule has 1 aromatic carbocycles. The molecule has 1 aromatic heterocycles. The van der Waals surface area contributed by atoms with Gasteiger partial charge in [-0.25, -0.2) is 0 Å². The van der Waals surface area contributed by atoms with Crippen LogP contribution in [0.5, 0.6) is 0 Å². The highest BCUT2D eigenvalue weighted by atomic mass is 79.9. The van der Waals surface area contributed by atoms with Gasteiger partial charge in [0, 0.05) is 29.0 Å². The van der Waals surface area contributed by atoms with E-state index in [1.54, 1.807) is 0 Å². The van der Waals surface area contributed by atoms with Crippen LogP contribution in [-0.4, -0.2) is 9.78 Å². The maximum atomic E-state index is 4.39. The van der Waals surface area contributed by atoms with E-state index in [1.807, 2.05) is 18.7 Å². The number of benzene rings is 1. The maximum Gasteiger partial charge on any atom is 0.0646 e. The molecule has 0 spiro atoms. The third-order valence-electron chi connectivity index (χ3n) is 3.34. The molecule has 0 fully saturated rings. The van der Waals surface area contributed by atoms with Crippen molar-refractivity contribution >= 4 is 21.6 Å². The lowest BCUT2D eigenvalue weighted by Gasteiger charge is -2.16. The second-order valence-corrected chi connectivity index (χ2v) is 5.93. The van der Waals surface area contributed by atoms with Crippen molar-refractivity contribution in [2.24, 2.45) is 7.05 Å². The molecule has 19 heavy (non-hydrogen) atoms. The zero-order valence-corrected chi connectivity index (χ0v) is 13.7. The summed E-state index contributed by atoms with van der Waals surface area (Å²) in [7, 11) is 1.96. The van der Waals surface area contributed by atoms with Crippen molar-refractivity contribution in [3.05, 3.63) is 45.2 Å². The van der Waals surface area contributed by atoms with Crippen LogP contribution < -0.4 is 5.32 Å². The predicted molar refractivity (Wildman–Crippen MR) is 83.6 cm³/mol. The first-order chi connectivity index (χ1) is 8.88. The van der Waals surface area contributed by atoms with Crippen LogP contribution in [-0.2, 0) is 7.05 Å². The Kier molecular flexibility index (Phi) is 3.99. The number of anilines is 1. The lowest BCUT2D eigenvalue weighted by molar-refractivity contribution is 0.756. The molecule has 0 radical (unpaired) electrons. The number of nitrogens with zero attached hydrogens (tertiary/aromatic N) is 2. The smallest absolute Gasteiger partial charge is 0.0646 e. The molecule has 0 saturated carbocycles. The van der Waals surface area contributed by atoms with Gasteiger partial charge >= 0.3 is 0 Å². The lowest BCUT2D eigenvalue weighted by atomic mass is 10.1. The molecule has 2 rings (SSSR count). The van der Waals surface area contributed by atoms with Crippen LogP contribution in [0.25, 0.3) is 0 Å². The highest BCUT2D eigenvalue weighted by molar-refractivity contribution is 9.10. The number of aromatic nitrogens is 2. The summed E-state index contributed by atoms with van der Waals surface area (Å²) in [4.78, 5) is 0. The van der Waals surface area contributed by atoms with E-state index in [9.17, 15) is 0 Å². The van der Waals surface area contributed by atoms with Gasteiger partial charge in [0.25, 0.3) is 0 Å². The number of hydrogen-bond donors (Lipinski definition) is 1. The summed E-state index contributed by atoms with van der Waals surface area (Å²) in [6, 6.07) is 4.58. The van der Waals surface area contributed by atoms with Crippen molar-refractivity contribution in [1.29, 1.82) is 0 Å². The Bertz CT molecular complexity index is 578. The number of hydrogen-bond acceptors (Lipinski definition) is 2. The Morgan fingerprint density at radius 1 is 1.21 bits per heavy atom. The van der Waals surface area contributed by atoms with Gasteiger partial charge in [0.1, 0.15) is 0 Å². The number of rotatable bonds is 3. The van der Waals surface area contributed by atoms with Gasteiger partial charge in [-0.3, -0.25) is 4.68 Å². The summed E-state index contributed by atoms with van der Waals surface area (Å²) in [6.07, 6.45) is 2.07. The van der Waals surface area contributed by atoms with E-state index in [-0.39, 0.29) is 6.04 Å².